The van der Waals surface area contributed by atoms with E-state index in [2.05, 4.69) is 26.8 Å². The minimum absolute atomic E-state index is 0.0703. The third kappa shape index (κ3) is 5.02. The van der Waals surface area contributed by atoms with Crippen molar-refractivity contribution in [3.8, 4) is 0 Å². The highest BCUT2D eigenvalue weighted by Gasteiger charge is 2.62. The molecule has 4 aliphatic rings. The van der Waals surface area contributed by atoms with E-state index in [0.29, 0.717) is 30.1 Å². The number of rotatable bonds is 8. The van der Waals surface area contributed by atoms with Crippen LogP contribution in [0.3, 0.4) is 0 Å². The van der Waals surface area contributed by atoms with Crippen LogP contribution in [0.25, 0.3) is 0 Å². The number of hydrogen-bond donors (Lipinski definition) is 1. The molecule has 3 fully saturated rings. The molecular formula is C28H47FO4S. The molecule has 1 N–H and O–H groups in total. The van der Waals surface area contributed by atoms with E-state index in [4.69, 9.17) is 4.18 Å². The summed E-state index contributed by atoms with van der Waals surface area (Å²) in [6, 6.07) is 0. The average Bonchev–Trinajstić information content (AvgIpc) is 3.02. The van der Waals surface area contributed by atoms with Gasteiger partial charge in [-0.3, -0.25) is 4.18 Å². The van der Waals surface area contributed by atoms with Crippen LogP contribution in [0.1, 0.15) is 91.9 Å². The summed E-state index contributed by atoms with van der Waals surface area (Å²) in [5.74, 6) is 2.30. The first-order chi connectivity index (χ1) is 15.8. The molecule has 3 saturated carbocycles. The minimum atomic E-state index is -3.39. The second-order valence-electron chi connectivity index (χ2n) is 13.0. The molecule has 0 aromatic carbocycles. The molecule has 0 heterocycles. The number of aliphatic hydroxyl groups is 1. The molecule has 1 unspecified atom stereocenters. The number of alkyl halides is 1. The van der Waals surface area contributed by atoms with Gasteiger partial charge >= 0.3 is 0 Å². The summed E-state index contributed by atoms with van der Waals surface area (Å²) in [5.41, 5.74) is 1.74. The lowest BCUT2D eigenvalue weighted by Gasteiger charge is -2.58. The van der Waals surface area contributed by atoms with Gasteiger partial charge in [0.25, 0.3) is 10.1 Å². The van der Waals surface area contributed by atoms with E-state index in [0.717, 1.165) is 57.6 Å². The maximum atomic E-state index is 15.7. The van der Waals surface area contributed by atoms with Crippen molar-refractivity contribution in [2.24, 2.45) is 46.3 Å². The smallest absolute Gasteiger partial charge is 0.264 e. The molecule has 10 atom stereocenters. The first-order valence-corrected chi connectivity index (χ1v) is 15.5. The Morgan fingerprint density at radius 2 is 1.91 bits per heavy atom. The summed E-state index contributed by atoms with van der Waals surface area (Å²) in [4.78, 5) is 0. The largest absolute Gasteiger partial charge is 0.393 e. The van der Waals surface area contributed by atoms with Gasteiger partial charge in [0.05, 0.1) is 19.0 Å². The predicted octanol–water partition coefficient (Wildman–Crippen LogP) is 6.29. The quantitative estimate of drug-likeness (QED) is 0.315. The molecule has 0 bridgehead atoms. The third-order valence-corrected chi connectivity index (χ3v) is 11.2. The molecular weight excluding hydrogens is 451 g/mol. The third-order valence-electron chi connectivity index (χ3n) is 10.7. The van der Waals surface area contributed by atoms with Crippen molar-refractivity contribution in [2.75, 3.05) is 12.9 Å². The zero-order valence-corrected chi connectivity index (χ0v) is 22.7. The Bertz CT molecular complexity index is 872. The van der Waals surface area contributed by atoms with Crippen LogP contribution in [0.2, 0.25) is 0 Å². The molecule has 6 heteroatoms. The first-order valence-electron chi connectivity index (χ1n) is 13.7. The van der Waals surface area contributed by atoms with E-state index in [1.807, 2.05) is 6.92 Å². The minimum Gasteiger partial charge on any atom is -0.393 e. The van der Waals surface area contributed by atoms with Gasteiger partial charge in [0, 0.05) is 0 Å². The zero-order chi connectivity index (χ0) is 24.9. The van der Waals surface area contributed by atoms with Crippen LogP contribution in [0, 0.1) is 46.3 Å². The van der Waals surface area contributed by atoms with E-state index in [1.165, 1.54) is 12.0 Å². The molecule has 0 amide bonds. The molecule has 4 aliphatic carbocycles. The summed E-state index contributed by atoms with van der Waals surface area (Å²) in [6.07, 6.45) is 12.4. The second kappa shape index (κ2) is 9.78. The lowest BCUT2D eigenvalue weighted by atomic mass is 9.47. The summed E-state index contributed by atoms with van der Waals surface area (Å²) in [7, 11) is -3.39. The van der Waals surface area contributed by atoms with Gasteiger partial charge in [0.2, 0.25) is 0 Å². The van der Waals surface area contributed by atoms with E-state index in [-0.39, 0.29) is 35.4 Å². The maximum absolute atomic E-state index is 15.7. The molecule has 0 aromatic rings. The maximum Gasteiger partial charge on any atom is 0.264 e. The Labute approximate surface area is 207 Å². The SMILES string of the molecule is C[C@H](CCC[C@@H](C)[C@H]1[C@H](F)C[C@H]2[C@@H]3CC=C4C[C@@H](O)CC[C@]4(C)C3CC[C@]12C)COS(C)(=O)=O. The van der Waals surface area contributed by atoms with Crippen LogP contribution < -0.4 is 0 Å². The van der Waals surface area contributed by atoms with Crippen LogP contribution in [-0.4, -0.2) is 38.7 Å². The normalized spacial score (nSPS) is 43.9. The molecule has 0 aliphatic heterocycles. The Morgan fingerprint density at radius 1 is 1.18 bits per heavy atom. The van der Waals surface area contributed by atoms with Gasteiger partial charge in [-0.15, -0.1) is 0 Å². The van der Waals surface area contributed by atoms with Crippen LogP contribution in [0.5, 0.6) is 0 Å². The number of halogens is 1. The van der Waals surface area contributed by atoms with Gasteiger partial charge in [0.15, 0.2) is 0 Å². The van der Waals surface area contributed by atoms with Crippen LogP contribution in [-0.2, 0) is 14.3 Å². The van der Waals surface area contributed by atoms with Crippen molar-refractivity contribution < 1.29 is 22.1 Å². The summed E-state index contributed by atoms with van der Waals surface area (Å²) in [5, 5.41) is 10.2. The molecule has 0 saturated heterocycles. The van der Waals surface area contributed by atoms with E-state index in [9.17, 15) is 13.5 Å². The topological polar surface area (TPSA) is 63.6 Å². The highest BCUT2D eigenvalue weighted by molar-refractivity contribution is 7.85. The summed E-state index contributed by atoms with van der Waals surface area (Å²) >= 11 is 0. The average molecular weight is 499 g/mol. The van der Waals surface area contributed by atoms with Crippen molar-refractivity contribution in [1.29, 1.82) is 0 Å². The molecule has 0 radical (unpaired) electrons. The van der Waals surface area contributed by atoms with Gasteiger partial charge in [-0.2, -0.15) is 8.42 Å². The van der Waals surface area contributed by atoms with E-state index >= 15 is 4.39 Å². The van der Waals surface area contributed by atoms with Crippen LogP contribution in [0.15, 0.2) is 11.6 Å². The number of allylic oxidation sites excluding steroid dienone is 1. The Kier molecular flexibility index (Phi) is 7.65. The Hall–Kier alpha value is -0.460. The van der Waals surface area contributed by atoms with Gasteiger partial charge < -0.3 is 5.11 Å². The highest BCUT2D eigenvalue weighted by atomic mass is 32.2. The van der Waals surface area contributed by atoms with Gasteiger partial charge in [0.1, 0.15) is 6.17 Å². The first kappa shape index (κ1) is 26.6. The van der Waals surface area contributed by atoms with E-state index in [1.54, 1.807) is 0 Å². The number of fused-ring (bicyclic) bond motifs is 5. The fourth-order valence-corrected chi connectivity index (χ4v) is 9.43. The summed E-state index contributed by atoms with van der Waals surface area (Å²) in [6.45, 7) is 9.33. The molecule has 0 spiro atoms. The van der Waals surface area contributed by atoms with Crippen LogP contribution >= 0.6 is 0 Å². The monoisotopic (exact) mass is 498 g/mol. The van der Waals surface area contributed by atoms with Crippen molar-refractivity contribution >= 4 is 10.1 Å². The van der Waals surface area contributed by atoms with Gasteiger partial charge in [-0.25, -0.2) is 4.39 Å². The molecule has 4 rings (SSSR count). The Morgan fingerprint density at radius 3 is 2.62 bits per heavy atom. The van der Waals surface area contributed by atoms with Crippen molar-refractivity contribution in [1.82, 2.24) is 0 Å². The zero-order valence-electron chi connectivity index (χ0n) is 21.9. The molecule has 0 aromatic heterocycles. The number of hydrogen-bond acceptors (Lipinski definition) is 4. The lowest BCUT2D eigenvalue weighted by Crippen LogP contribution is -2.51. The van der Waals surface area contributed by atoms with Crippen molar-refractivity contribution in [3.63, 3.8) is 0 Å². The lowest BCUT2D eigenvalue weighted by molar-refractivity contribution is -0.0595. The van der Waals surface area contributed by atoms with Crippen molar-refractivity contribution in [2.45, 2.75) is 104 Å². The molecule has 196 valence electrons. The Balaban J connectivity index is 1.40. The fraction of sp³-hybridized carbons (Fsp3) is 0.929. The van der Waals surface area contributed by atoms with Gasteiger partial charge in [-0.1, -0.05) is 52.2 Å². The second-order valence-corrected chi connectivity index (χ2v) is 14.6. The summed E-state index contributed by atoms with van der Waals surface area (Å²) < 4.78 is 43.1. The standard InChI is InChI=1S/C28H47FO4S/c1-18(17-33-34(5,31)32)7-6-8-19(2)26-25(29)16-24-22-10-9-20-15-21(30)11-13-27(20,3)23(22)12-14-28(24,26)4/h9,18-19,21-26,30H,6-8,10-17H2,1-5H3/t18-,19-,21+,22-,23?,24+,25-,26+,27+,28+/m1/s1. The molecule has 4 nitrogen and oxygen atoms in total. The van der Waals surface area contributed by atoms with E-state index < -0.39 is 16.3 Å². The van der Waals surface area contributed by atoms with Gasteiger partial charge in [-0.05, 0) is 97.7 Å². The van der Waals surface area contributed by atoms with Crippen LogP contribution in [0.4, 0.5) is 4.39 Å². The molecule has 34 heavy (non-hydrogen) atoms. The predicted molar refractivity (Wildman–Crippen MR) is 134 cm³/mol. The highest BCUT2D eigenvalue weighted by Crippen LogP contribution is 2.67. The van der Waals surface area contributed by atoms with Crippen molar-refractivity contribution in [3.05, 3.63) is 11.6 Å². The fourth-order valence-electron chi connectivity index (χ4n) is 8.95. The number of aliphatic hydroxyl groups excluding tert-OH is 1.